The Morgan fingerprint density at radius 3 is 2.60 bits per heavy atom. The highest BCUT2D eigenvalue weighted by Crippen LogP contribution is 2.22. The Labute approximate surface area is 178 Å². The first-order chi connectivity index (χ1) is 11.5. The monoisotopic (exact) mass is 514 g/mol. The van der Waals surface area contributed by atoms with Crippen LogP contribution in [-0.4, -0.2) is 36.1 Å². The lowest BCUT2D eigenvalue weighted by molar-refractivity contribution is 0.814. The van der Waals surface area contributed by atoms with Crippen molar-refractivity contribution in [3.05, 3.63) is 37.9 Å². The number of nitrogens with zero attached hydrogens (tertiary/aromatic N) is 3. The fourth-order valence-electron chi connectivity index (χ4n) is 2.03. The van der Waals surface area contributed by atoms with E-state index in [0.29, 0.717) is 35.5 Å². The third-order valence-corrected chi connectivity index (χ3v) is 4.72. The van der Waals surface area contributed by atoms with Crippen LogP contribution in [0.5, 0.6) is 0 Å². The number of rotatable bonds is 6. The van der Waals surface area contributed by atoms with Crippen molar-refractivity contribution >= 4 is 70.3 Å². The number of aromatic nitrogens is 2. The quantitative estimate of drug-likeness (QED) is 0.236. The van der Waals surface area contributed by atoms with E-state index >= 15 is 0 Å². The number of nitrogens with one attached hydrogen (secondary N) is 3. The van der Waals surface area contributed by atoms with E-state index in [-0.39, 0.29) is 24.0 Å². The van der Waals surface area contributed by atoms with Crippen molar-refractivity contribution in [2.45, 2.75) is 20.4 Å². The molecule has 0 saturated carbocycles. The van der Waals surface area contributed by atoms with Crippen molar-refractivity contribution in [1.29, 1.82) is 0 Å². The van der Waals surface area contributed by atoms with Crippen molar-refractivity contribution in [2.24, 2.45) is 4.99 Å². The van der Waals surface area contributed by atoms with E-state index in [2.05, 4.69) is 30.9 Å². The second-order valence-corrected chi connectivity index (χ2v) is 7.14. The molecule has 2 rings (SSSR count). The maximum absolute atomic E-state index is 6.06. The van der Waals surface area contributed by atoms with Gasteiger partial charge in [0.2, 0.25) is 0 Å². The van der Waals surface area contributed by atoms with Gasteiger partial charge in [-0.05, 0) is 19.9 Å². The summed E-state index contributed by atoms with van der Waals surface area (Å²) in [6.07, 6.45) is 1.56. The smallest absolute Gasteiger partial charge is 0.191 e. The van der Waals surface area contributed by atoms with E-state index in [1.165, 1.54) is 4.88 Å². The number of pyridine rings is 1. The van der Waals surface area contributed by atoms with Crippen molar-refractivity contribution in [3.8, 4) is 0 Å². The first-order valence-corrected chi connectivity index (χ1v) is 8.99. The van der Waals surface area contributed by atoms with Gasteiger partial charge >= 0.3 is 0 Å². The Morgan fingerprint density at radius 1 is 1.24 bits per heavy atom. The molecule has 0 bridgehead atoms. The molecule has 2 aromatic rings. The molecular weight excluding hydrogens is 494 g/mol. The van der Waals surface area contributed by atoms with E-state index in [1.54, 1.807) is 30.6 Å². The summed E-state index contributed by atoms with van der Waals surface area (Å²) in [5.74, 6) is 1.35. The van der Waals surface area contributed by atoms with Gasteiger partial charge < -0.3 is 16.0 Å². The molecule has 0 spiro atoms. The number of halogens is 3. The van der Waals surface area contributed by atoms with Crippen molar-refractivity contribution < 1.29 is 0 Å². The maximum atomic E-state index is 6.06. The van der Waals surface area contributed by atoms with Crippen LogP contribution in [0.1, 0.15) is 15.6 Å². The molecule has 0 atom stereocenters. The molecule has 3 N–H and O–H groups in total. The number of aryl methyl sites for hydroxylation is 2. The molecule has 0 amide bonds. The summed E-state index contributed by atoms with van der Waals surface area (Å²) in [4.78, 5) is 14.0. The predicted molar refractivity (Wildman–Crippen MR) is 118 cm³/mol. The van der Waals surface area contributed by atoms with Gasteiger partial charge in [-0.1, -0.05) is 23.2 Å². The molecule has 0 fully saturated rings. The first-order valence-electron chi connectivity index (χ1n) is 7.42. The lowest BCUT2D eigenvalue weighted by Gasteiger charge is -2.12. The third kappa shape index (κ3) is 7.12. The topological polar surface area (TPSA) is 74.2 Å². The minimum absolute atomic E-state index is 0. The molecule has 25 heavy (non-hydrogen) atoms. The van der Waals surface area contributed by atoms with Gasteiger partial charge in [-0.25, -0.2) is 9.97 Å². The van der Waals surface area contributed by atoms with Crippen LogP contribution in [0.3, 0.4) is 0 Å². The van der Waals surface area contributed by atoms with Crippen LogP contribution >= 0.6 is 58.5 Å². The standard InChI is InChI=1S/C15H20Cl2N6S.HI/c1-9-13(24-10(2)23-9)8-22-15(18-3)20-5-4-19-14-12(17)6-11(16)7-21-14;/h6-7H,4-5,8H2,1-3H3,(H,19,21)(H2,18,20,22);1H. The van der Waals surface area contributed by atoms with Crippen LogP contribution in [0.15, 0.2) is 17.3 Å². The predicted octanol–water partition coefficient (Wildman–Crippen LogP) is 3.86. The number of hydrogen-bond donors (Lipinski definition) is 3. The molecule has 0 unspecified atom stereocenters. The zero-order valence-corrected chi connectivity index (χ0v) is 18.8. The van der Waals surface area contributed by atoms with Crippen LogP contribution in [0, 0.1) is 13.8 Å². The molecule has 6 nitrogen and oxygen atoms in total. The summed E-state index contributed by atoms with van der Waals surface area (Å²) >= 11 is 13.6. The molecule has 0 radical (unpaired) electrons. The molecule has 138 valence electrons. The van der Waals surface area contributed by atoms with Gasteiger partial charge in [-0.2, -0.15) is 0 Å². The minimum atomic E-state index is 0. The minimum Gasteiger partial charge on any atom is -0.367 e. The summed E-state index contributed by atoms with van der Waals surface area (Å²) in [5.41, 5.74) is 1.06. The molecule has 0 saturated heterocycles. The highest BCUT2D eigenvalue weighted by atomic mass is 127. The number of thiazole rings is 1. The molecule has 2 aromatic heterocycles. The summed E-state index contributed by atoms with van der Waals surface area (Å²) in [6.45, 7) is 6.04. The van der Waals surface area contributed by atoms with Gasteiger partial charge in [0.05, 0.1) is 27.3 Å². The molecule has 0 aliphatic heterocycles. The van der Waals surface area contributed by atoms with E-state index in [9.17, 15) is 0 Å². The van der Waals surface area contributed by atoms with Crippen molar-refractivity contribution in [1.82, 2.24) is 20.6 Å². The Bertz CT molecular complexity index is 722. The second kappa shape index (κ2) is 11.0. The third-order valence-electron chi connectivity index (χ3n) is 3.16. The number of guanidine groups is 1. The van der Waals surface area contributed by atoms with Crippen LogP contribution in [0.2, 0.25) is 10.0 Å². The fourth-order valence-corrected chi connectivity index (χ4v) is 3.35. The highest BCUT2D eigenvalue weighted by Gasteiger charge is 2.06. The summed E-state index contributed by atoms with van der Waals surface area (Å²) in [6, 6.07) is 1.66. The lowest BCUT2D eigenvalue weighted by Crippen LogP contribution is -2.39. The Kier molecular flexibility index (Phi) is 9.77. The molecule has 0 aliphatic rings. The van der Waals surface area contributed by atoms with Crippen LogP contribution in [0.25, 0.3) is 0 Å². The zero-order valence-electron chi connectivity index (χ0n) is 14.2. The van der Waals surface area contributed by atoms with Gasteiger partial charge in [0.1, 0.15) is 5.82 Å². The van der Waals surface area contributed by atoms with E-state index < -0.39 is 0 Å². The summed E-state index contributed by atoms with van der Waals surface area (Å²) < 4.78 is 0. The zero-order chi connectivity index (χ0) is 17.5. The maximum Gasteiger partial charge on any atom is 0.191 e. The van der Waals surface area contributed by atoms with Crippen LogP contribution < -0.4 is 16.0 Å². The van der Waals surface area contributed by atoms with Gasteiger partial charge in [0.15, 0.2) is 5.96 Å². The Morgan fingerprint density at radius 2 is 2.00 bits per heavy atom. The molecule has 0 aliphatic carbocycles. The number of hydrogen-bond acceptors (Lipinski definition) is 5. The van der Waals surface area contributed by atoms with Gasteiger partial charge in [-0.15, -0.1) is 35.3 Å². The second-order valence-electron chi connectivity index (χ2n) is 5.00. The molecule has 2 heterocycles. The summed E-state index contributed by atoms with van der Waals surface area (Å²) in [7, 11) is 1.74. The average Bonchev–Trinajstić information content (AvgIpc) is 2.86. The van der Waals surface area contributed by atoms with Gasteiger partial charge in [0.25, 0.3) is 0 Å². The SMILES string of the molecule is CN=C(NCCNc1ncc(Cl)cc1Cl)NCc1sc(C)nc1C.I. The van der Waals surface area contributed by atoms with E-state index in [4.69, 9.17) is 23.2 Å². The Balaban J connectivity index is 0.00000312. The van der Waals surface area contributed by atoms with Crippen LogP contribution in [-0.2, 0) is 6.54 Å². The summed E-state index contributed by atoms with van der Waals surface area (Å²) in [5, 5.41) is 11.8. The highest BCUT2D eigenvalue weighted by molar-refractivity contribution is 14.0. The van der Waals surface area contributed by atoms with Crippen LogP contribution in [0.4, 0.5) is 5.82 Å². The van der Waals surface area contributed by atoms with Gasteiger partial charge in [0, 0.05) is 31.2 Å². The number of aliphatic imine (C=N–C) groups is 1. The average molecular weight is 515 g/mol. The van der Waals surface area contributed by atoms with Gasteiger partial charge in [-0.3, -0.25) is 4.99 Å². The fraction of sp³-hybridized carbons (Fsp3) is 0.400. The van der Waals surface area contributed by atoms with E-state index in [1.807, 2.05) is 13.8 Å². The largest absolute Gasteiger partial charge is 0.367 e. The normalized spacial score (nSPS) is 11.0. The lowest BCUT2D eigenvalue weighted by atomic mass is 10.4. The molecule has 10 heteroatoms. The molecular formula is C15H21Cl2IN6S. The first kappa shape index (κ1) is 22.2. The van der Waals surface area contributed by atoms with Crippen molar-refractivity contribution in [3.63, 3.8) is 0 Å². The Hall–Kier alpha value is -0.840. The molecule has 0 aromatic carbocycles. The number of anilines is 1. The van der Waals surface area contributed by atoms with E-state index in [0.717, 1.165) is 16.7 Å². The van der Waals surface area contributed by atoms with Crippen molar-refractivity contribution in [2.75, 3.05) is 25.5 Å².